The van der Waals surface area contributed by atoms with E-state index in [-0.39, 0.29) is 5.54 Å². The zero-order valence-electron chi connectivity index (χ0n) is 9.16. The van der Waals surface area contributed by atoms with Crippen molar-refractivity contribution in [2.75, 3.05) is 19.8 Å². The van der Waals surface area contributed by atoms with Gasteiger partial charge in [-0.25, -0.2) is 5.43 Å². The minimum atomic E-state index is -0.188. The van der Waals surface area contributed by atoms with E-state index in [0.717, 1.165) is 25.2 Å². The van der Waals surface area contributed by atoms with Crippen molar-refractivity contribution in [3.05, 3.63) is 29.3 Å². The standard InChI is InChI=1S/C12H16N2O2/c13-14-12(7-15-8-12)10-3-4-11-9(6-10)2-1-5-16-11/h3-4,6,14H,1-2,5,7-8,13H2. The second-order valence-corrected chi connectivity index (χ2v) is 4.49. The Bertz CT molecular complexity index is 396. The third kappa shape index (κ3) is 1.42. The maximum absolute atomic E-state index is 5.62. The molecule has 1 aromatic rings. The number of benzene rings is 1. The van der Waals surface area contributed by atoms with Crippen LogP contribution >= 0.6 is 0 Å². The van der Waals surface area contributed by atoms with Crippen molar-refractivity contribution >= 4 is 0 Å². The average Bonchev–Trinajstić information content (AvgIpc) is 2.28. The SMILES string of the molecule is NNC1(c2ccc3c(c2)CCCO3)COC1. The smallest absolute Gasteiger partial charge is 0.122 e. The van der Waals surface area contributed by atoms with Crippen molar-refractivity contribution in [1.29, 1.82) is 0 Å². The van der Waals surface area contributed by atoms with E-state index in [9.17, 15) is 0 Å². The second kappa shape index (κ2) is 3.73. The lowest BCUT2D eigenvalue weighted by molar-refractivity contribution is -0.0787. The van der Waals surface area contributed by atoms with E-state index in [1.165, 1.54) is 11.1 Å². The van der Waals surface area contributed by atoms with E-state index in [2.05, 4.69) is 17.6 Å². The molecule has 0 saturated carbocycles. The molecule has 0 radical (unpaired) electrons. The predicted molar refractivity (Wildman–Crippen MR) is 60.1 cm³/mol. The van der Waals surface area contributed by atoms with Crippen LogP contribution in [0.1, 0.15) is 17.5 Å². The topological polar surface area (TPSA) is 56.5 Å². The van der Waals surface area contributed by atoms with E-state index in [1.54, 1.807) is 0 Å². The minimum Gasteiger partial charge on any atom is -0.493 e. The summed E-state index contributed by atoms with van der Waals surface area (Å²) in [6.07, 6.45) is 2.18. The lowest BCUT2D eigenvalue weighted by Gasteiger charge is -2.41. The first-order valence-corrected chi connectivity index (χ1v) is 5.66. The number of fused-ring (bicyclic) bond motifs is 1. The van der Waals surface area contributed by atoms with Gasteiger partial charge in [-0.3, -0.25) is 5.84 Å². The maximum Gasteiger partial charge on any atom is 0.122 e. The Kier molecular flexibility index (Phi) is 2.35. The fourth-order valence-corrected chi connectivity index (χ4v) is 2.30. The third-order valence-electron chi connectivity index (χ3n) is 3.43. The first-order chi connectivity index (χ1) is 7.84. The summed E-state index contributed by atoms with van der Waals surface area (Å²) in [7, 11) is 0. The van der Waals surface area contributed by atoms with Gasteiger partial charge in [0.05, 0.1) is 19.8 Å². The summed E-state index contributed by atoms with van der Waals surface area (Å²) in [5, 5.41) is 0. The highest BCUT2D eigenvalue weighted by Crippen LogP contribution is 2.33. The van der Waals surface area contributed by atoms with E-state index < -0.39 is 0 Å². The van der Waals surface area contributed by atoms with Crippen LogP contribution in [0.5, 0.6) is 5.75 Å². The van der Waals surface area contributed by atoms with Crippen LogP contribution in [0.15, 0.2) is 18.2 Å². The molecule has 2 aliphatic heterocycles. The van der Waals surface area contributed by atoms with Crippen LogP contribution in [0.2, 0.25) is 0 Å². The van der Waals surface area contributed by atoms with Gasteiger partial charge in [-0.2, -0.15) is 0 Å². The average molecular weight is 220 g/mol. The van der Waals surface area contributed by atoms with Gasteiger partial charge in [0.1, 0.15) is 11.3 Å². The number of ether oxygens (including phenoxy) is 2. The molecule has 3 rings (SSSR count). The van der Waals surface area contributed by atoms with Crippen LogP contribution in [0.25, 0.3) is 0 Å². The predicted octanol–water partition coefficient (Wildman–Crippen LogP) is 0.700. The highest BCUT2D eigenvalue weighted by atomic mass is 16.5. The summed E-state index contributed by atoms with van der Waals surface area (Å²) >= 11 is 0. The molecule has 0 unspecified atom stereocenters. The van der Waals surface area contributed by atoms with E-state index in [4.69, 9.17) is 15.3 Å². The molecule has 1 aromatic carbocycles. The van der Waals surface area contributed by atoms with Crippen LogP contribution in [0.3, 0.4) is 0 Å². The van der Waals surface area contributed by atoms with Crippen molar-refractivity contribution in [3.63, 3.8) is 0 Å². The summed E-state index contributed by atoms with van der Waals surface area (Å²) in [6, 6.07) is 6.31. The Balaban J connectivity index is 1.96. The lowest BCUT2D eigenvalue weighted by atomic mass is 9.87. The molecule has 16 heavy (non-hydrogen) atoms. The van der Waals surface area contributed by atoms with Crippen molar-refractivity contribution in [2.45, 2.75) is 18.4 Å². The minimum absolute atomic E-state index is 0.188. The van der Waals surface area contributed by atoms with E-state index in [0.29, 0.717) is 13.2 Å². The molecule has 0 aliphatic carbocycles. The van der Waals surface area contributed by atoms with Crippen molar-refractivity contribution in [2.24, 2.45) is 5.84 Å². The fraction of sp³-hybridized carbons (Fsp3) is 0.500. The number of aryl methyl sites for hydroxylation is 1. The number of hydrogen-bond acceptors (Lipinski definition) is 4. The second-order valence-electron chi connectivity index (χ2n) is 4.49. The molecule has 0 aromatic heterocycles. The number of nitrogens with one attached hydrogen (secondary N) is 1. The van der Waals surface area contributed by atoms with Gasteiger partial charge in [-0.1, -0.05) is 12.1 Å². The van der Waals surface area contributed by atoms with Gasteiger partial charge < -0.3 is 9.47 Å². The zero-order valence-corrected chi connectivity index (χ0v) is 9.16. The summed E-state index contributed by atoms with van der Waals surface area (Å²) in [5.41, 5.74) is 5.17. The molecule has 0 amide bonds. The van der Waals surface area contributed by atoms with Crippen molar-refractivity contribution in [3.8, 4) is 5.75 Å². The van der Waals surface area contributed by atoms with Crippen LogP contribution < -0.4 is 16.0 Å². The Morgan fingerprint density at radius 1 is 1.31 bits per heavy atom. The Hall–Kier alpha value is -1.10. The quantitative estimate of drug-likeness (QED) is 0.569. The third-order valence-corrected chi connectivity index (χ3v) is 3.43. The Morgan fingerprint density at radius 3 is 2.88 bits per heavy atom. The van der Waals surface area contributed by atoms with Gasteiger partial charge >= 0.3 is 0 Å². The molecule has 2 aliphatic rings. The molecule has 1 saturated heterocycles. The molecule has 86 valence electrons. The molecular weight excluding hydrogens is 204 g/mol. The molecule has 4 nitrogen and oxygen atoms in total. The Morgan fingerprint density at radius 2 is 2.19 bits per heavy atom. The molecule has 1 fully saturated rings. The summed E-state index contributed by atoms with van der Waals surface area (Å²) < 4.78 is 10.8. The molecule has 0 atom stereocenters. The fourth-order valence-electron chi connectivity index (χ4n) is 2.30. The highest BCUT2D eigenvalue weighted by Gasteiger charge is 2.39. The maximum atomic E-state index is 5.62. The number of rotatable bonds is 2. The van der Waals surface area contributed by atoms with Crippen LogP contribution in [0, 0.1) is 0 Å². The number of hydrogen-bond donors (Lipinski definition) is 2. The number of hydrazine groups is 1. The Labute approximate surface area is 94.7 Å². The van der Waals surface area contributed by atoms with Gasteiger partial charge in [0.25, 0.3) is 0 Å². The highest BCUT2D eigenvalue weighted by molar-refractivity contribution is 5.41. The summed E-state index contributed by atoms with van der Waals surface area (Å²) in [6.45, 7) is 2.11. The molecule has 0 spiro atoms. The molecule has 4 heteroatoms. The first kappa shape index (κ1) is 10.1. The zero-order chi connectivity index (χ0) is 11.0. The summed E-state index contributed by atoms with van der Waals surface area (Å²) in [5.74, 6) is 6.63. The van der Waals surface area contributed by atoms with Crippen LogP contribution in [0.4, 0.5) is 0 Å². The van der Waals surface area contributed by atoms with E-state index in [1.807, 2.05) is 6.07 Å². The van der Waals surface area contributed by atoms with Crippen LogP contribution in [-0.4, -0.2) is 19.8 Å². The van der Waals surface area contributed by atoms with Crippen molar-refractivity contribution < 1.29 is 9.47 Å². The molecule has 2 heterocycles. The molecular formula is C12H16N2O2. The van der Waals surface area contributed by atoms with Gasteiger partial charge in [-0.05, 0) is 30.0 Å². The lowest BCUT2D eigenvalue weighted by Crippen LogP contribution is -2.60. The van der Waals surface area contributed by atoms with Gasteiger partial charge in [0, 0.05) is 0 Å². The normalized spacial score (nSPS) is 21.8. The van der Waals surface area contributed by atoms with Gasteiger partial charge in [-0.15, -0.1) is 0 Å². The molecule has 0 bridgehead atoms. The van der Waals surface area contributed by atoms with Crippen molar-refractivity contribution in [1.82, 2.24) is 5.43 Å². The largest absolute Gasteiger partial charge is 0.493 e. The van der Waals surface area contributed by atoms with E-state index >= 15 is 0 Å². The summed E-state index contributed by atoms with van der Waals surface area (Å²) in [4.78, 5) is 0. The monoisotopic (exact) mass is 220 g/mol. The van der Waals surface area contributed by atoms with Gasteiger partial charge in [0.15, 0.2) is 0 Å². The van der Waals surface area contributed by atoms with Crippen LogP contribution in [-0.2, 0) is 16.7 Å². The molecule has 3 N–H and O–H groups in total. The number of nitrogens with two attached hydrogens (primary N) is 1. The van der Waals surface area contributed by atoms with Gasteiger partial charge in [0.2, 0.25) is 0 Å². The first-order valence-electron chi connectivity index (χ1n) is 5.66.